The van der Waals surface area contributed by atoms with Gasteiger partial charge >= 0.3 is 5.97 Å². The molecule has 2 aromatic carbocycles. The molecule has 2 aromatic rings. The van der Waals surface area contributed by atoms with Crippen LogP contribution in [0.25, 0.3) is 0 Å². The fraction of sp³-hybridized carbons (Fsp3) is 0.417. The topological polar surface area (TPSA) is 123 Å². The van der Waals surface area contributed by atoms with Crippen molar-refractivity contribution in [3.05, 3.63) is 57.6 Å². The molecule has 0 aromatic heterocycles. The lowest BCUT2D eigenvalue weighted by molar-refractivity contribution is 0.0695. The molecule has 0 saturated heterocycles. The van der Waals surface area contributed by atoms with Gasteiger partial charge in [0.1, 0.15) is 5.25 Å². The maximum atomic E-state index is 13.8. The van der Waals surface area contributed by atoms with Crippen LogP contribution >= 0.6 is 0 Å². The summed E-state index contributed by atoms with van der Waals surface area (Å²) in [6, 6.07) is 5.32. The molecule has 0 saturated carbocycles. The van der Waals surface area contributed by atoms with Crippen LogP contribution in [-0.2, 0) is 30.5 Å². The predicted octanol–water partition coefficient (Wildman–Crippen LogP) is 3.38. The average Bonchev–Trinajstić information content (AvgIpc) is 2.94. The molecule has 1 unspecified atom stereocenters. The Morgan fingerprint density at radius 1 is 0.848 bits per heavy atom. The van der Waals surface area contributed by atoms with Gasteiger partial charge in [-0.1, -0.05) is 27.7 Å². The summed E-state index contributed by atoms with van der Waals surface area (Å²) in [5.74, 6) is -1.87. The van der Waals surface area contributed by atoms with Crippen LogP contribution in [-0.4, -0.2) is 44.7 Å². The van der Waals surface area contributed by atoms with Gasteiger partial charge in [0.05, 0.1) is 21.1 Å². The van der Waals surface area contributed by atoms with Crippen molar-refractivity contribution in [3.63, 3.8) is 0 Å². The summed E-state index contributed by atoms with van der Waals surface area (Å²) < 4.78 is 52.3. The highest BCUT2D eigenvalue weighted by Crippen LogP contribution is 2.49. The molecule has 0 fully saturated rings. The fourth-order valence-electron chi connectivity index (χ4n) is 5.89. The zero-order valence-corrected chi connectivity index (χ0v) is 20.9. The highest BCUT2D eigenvalue weighted by atomic mass is 32.2. The van der Waals surface area contributed by atoms with Crippen molar-refractivity contribution in [3.8, 4) is 0 Å². The molecule has 0 radical (unpaired) electrons. The van der Waals surface area contributed by atoms with Crippen molar-refractivity contribution in [1.82, 2.24) is 0 Å². The van der Waals surface area contributed by atoms with Crippen LogP contribution < -0.4 is 0 Å². The molecule has 2 aliphatic heterocycles. The standard InChI is InChI=1S/C24H26O7S2/c1-12-14(7-9-16-18(12)23(3,4)11-32(16,28)29)20(25)21-24(5,6)19-13(2)15(22(26)27)8-10-17(19)33(21,30)31/h7-10,21H,11H2,1-6H3,(H,26,27). The fourth-order valence-corrected chi connectivity index (χ4v) is 10.7. The first kappa shape index (κ1) is 23.6. The van der Waals surface area contributed by atoms with Gasteiger partial charge in [-0.3, -0.25) is 4.79 Å². The van der Waals surface area contributed by atoms with Crippen LogP contribution in [0, 0.1) is 13.8 Å². The molecule has 2 aliphatic rings. The number of carbonyl (C=O) groups is 2. The number of rotatable bonds is 3. The smallest absolute Gasteiger partial charge is 0.335 e. The number of hydrogen-bond donors (Lipinski definition) is 1. The first-order valence-corrected chi connectivity index (χ1v) is 13.7. The summed E-state index contributed by atoms with van der Waals surface area (Å²) >= 11 is 0. The van der Waals surface area contributed by atoms with E-state index in [9.17, 15) is 31.5 Å². The Balaban J connectivity index is 1.94. The summed E-state index contributed by atoms with van der Waals surface area (Å²) in [4.78, 5) is 25.6. The Hall–Kier alpha value is -2.52. The molecule has 7 nitrogen and oxygen atoms in total. The first-order valence-electron chi connectivity index (χ1n) is 10.5. The van der Waals surface area contributed by atoms with E-state index in [1.807, 2.05) is 0 Å². The second-order valence-electron chi connectivity index (χ2n) is 10.2. The number of carboxylic acids is 1. The van der Waals surface area contributed by atoms with Gasteiger partial charge in [0.25, 0.3) is 0 Å². The van der Waals surface area contributed by atoms with E-state index in [0.29, 0.717) is 22.3 Å². The summed E-state index contributed by atoms with van der Waals surface area (Å²) in [5, 5.41) is 8.04. The van der Waals surface area contributed by atoms with E-state index in [2.05, 4.69) is 0 Å². The zero-order chi connectivity index (χ0) is 24.9. The van der Waals surface area contributed by atoms with Crippen LogP contribution in [0.2, 0.25) is 0 Å². The van der Waals surface area contributed by atoms with Crippen LogP contribution in [0.5, 0.6) is 0 Å². The molecule has 1 N–H and O–H groups in total. The maximum Gasteiger partial charge on any atom is 0.335 e. The van der Waals surface area contributed by atoms with E-state index in [1.54, 1.807) is 41.5 Å². The Labute approximate surface area is 193 Å². The second kappa shape index (κ2) is 6.76. The molecule has 0 aliphatic carbocycles. The number of carbonyl (C=O) groups excluding carboxylic acids is 1. The van der Waals surface area contributed by atoms with Crippen molar-refractivity contribution in [1.29, 1.82) is 0 Å². The van der Waals surface area contributed by atoms with Gasteiger partial charge in [0.15, 0.2) is 25.5 Å². The average molecular weight is 491 g/mol. The third-order valence-corrected chi connectivity index (χ3v) is 11.6. The van der Waals surface area contributed by atoms with Crippen LogP contribution in [0.15, 0.2) is 34.1 Å². The quantitative estimate of drug-likeness (QED) is 0.654. The zero-order valence-electron chi connectivity index (χ0n) is 19.3. The minimum atomic E-state index is -4.11. The second-order valence-corrected chi connectivity index (χ2v) is 14.1. The minimum Gasteiger partial charge on any atom is -0.478 e. The largest absolute Gasteiger partial charge is 0.478 e. The molecule has 2 heterocycles. The molecule has 0 spiro atoms. The Bertz CT molecular complexity index is 1480. The summed E-state index contributed by atoms with van der Waals surface area (Å²) in [5.41, 5.74) is -0.0704. The van der Waals surface area contributed by atoms with Crippen LogP contribution in [0.4, 0.5) is 0 Å². The van der Waals surface area contributed by atoms with E-state index in [1.165, 1.54) is 24.3 Å². The number of hydrogen-bond acceptors (Lipinski definition) is 6. The third kappa shape index (κ3) is 3.05. The molecule has 0 bridgehead atoms. The normalized spacial score (nSPS) is 23.0. The van der Waals surface area contributed by atoms with Gasteiger partial charge in [-0.25, -0.2) is 21.6 Å². The lowest BCUT2D eigenvalue weighted by atomic mass is 9.75. The van der Waals surface area contributed by atoms with E-state index >= 15 is 0 Å². The first-order chi connectivity index (χ1) is 15.0. The predicted molar refractivity (Wildman–Crippen MR) is 123 cm³/mol. The van der Waals surface area contributed by atoms with Gasteiger partial charge < -0.3 is 5.11 Å². The van der Waals surface area contributed by atoms with Crippen LogP contribution in [0.1, 0.15) is 70.7 Å². The lowest BCUT2D eigenvalue weighted by Crippen LogP contribution is -2.41. The molecule has 1 atom stereocenters. The summed E-state index contributed by atoms with van der Waals surface area (Å²) in [6.07, 6.45) is 0. The number of fused-ring (bicyclic) bond motifs is 2. The monoisotopic (exact) mass is 490 g/mol. The van der Waals surface area contributed by atoms with E-state index in [-0.39, 0.29) is 26.7 Å². The van der Waals surface area contributed by atoms with Crippen molar-refractivity contribution >= 4 is 31.4 Å². The number of ketones is 1. The highest BCUT2D eigenvalue weighted by molar-refractivity contribution is 7.93. The Kier molecular flexibility index (Phi) is 4.84. The van der Waals surface area contributed by atoms with Crippen molar-refractivity contribution in [2.45, 2.75) is 67.4 Å². The van der Waals surface area contributed by atoms with E-state index in [0.717, 1.165) is 0 Å². The van der Waals surface area contributed by atoms with E-state index in [4.69, 9.17) is 0 Å². The molecule has 9 heteroatoms. The Morgan fingerprint density at radius 2 is 1.36 bits per heavy atom. The van der Waals surface area contributed by atoms with Crippen molar-refractivity contribution in [2.24, 2.45) is 0 Å². The molecule has 33 heavy (non-hydrogen) atoms. The minimum absolute atomic E-state index is 0.00853. The van der Waals surface area contributed by atoms with Crippen molar-refractivity contribution < 1.29 is 31.5 Å². The number of carboxylic acid groups (broad SMARTS) is 1. The number of sulfone groups is 2. The maximum absolute atomic E-state index is 13.8. The summed E-state index contributed by atoms with van der Waals surface area (Å²) in [7, 11) is -7.60. The highest BCUT2D eigenvalue weighted by Gasteiger charge is 2.56. The van der Waals surface area contributed by atoms with Gasteiger partial charge in [0, 0.05) is 16.4 Å². The van der Waals surface area contributed by atoms with Gasteiger partial charge in [0.2, 0.25) is 0 Å². The van der Waals surface area contributed by atoms with E-state index < -0.39 is 47.5 Å². The number of Topliss-reactive ketones (excluding diaryl/α,β-unsaturated/α-hetero) is 1. The third-order valence-electron chi connectivity index (χ3n) is 7.07. The Morgan fingerprint density at radius 3 is 1.94 bits per heavy atom. The van der Waals surface area contributed by atoms with Crippen LogP contribution in [0.3, 0.4) is 0 Å². The van der Waals surface area contributed by atoms with Gasteiger partial charge in [-0.05, 0) is 60.4 Å². The SMILES string of the molecule is Cc1c(C(=O)C2C(C)(C)c3c(ccc(C(=O)O)c3C)S2(=O)=O)ccc2c1C(C)(C)CS2(=O)=O. The molecule has 176 valence electrons. The van der Waals surface area contributed by atoms with Crippen molar-refractivity contribution in [2.75, 3.05) is 5.75 Å². The van der Waals surface area contributed by atoms with Gasteiger partial charge in [-0.2, -0.15) is 0 Å². The lowest BCUT2D eigenvalue weighted by Gasteiger charge is -2.28. The molecular formula is C24H26O7S2. The number of aromatic carboxylic acids is 1. The molecule has 0 amide bonds. The molecular weight excluding hydrogens is 464 g/mol. The molecule has 4 rings (SSSR count). The van der Waals surface area contributed by atoms with Gasteiger partial charge in [-0.15, -0.1) is 0 Å². The number of benzene rings is 2. The summed E-state index contributed by atoms with van der Waals surface area (Å²) in [6.45, 7) is 10.1.